The smallest absolute Gasteiger partial charge is 0.490 e. The first-order chi connectivity index (χ1) is 10.0. The Morgan fingerprint density at radius 1 is 1.36 bits per heavy atom. The zero-order valence-electron chi connectivity index (χ0n) is 11.6. The Labute approximate surface area is 122 Å². The van der Waals surface area contributed by atoms with E-state index in [4.69, 9.17) is 10.5 Å². The second-order valence-electron chi connectivity index (χ2n) is 4.47. The van der Waals surface area contributed by atoms with Crippen molar-refractivity contribution >= 4 is 11.7 Å². The second kappa shape index (κ2) is 6.60. The van der Waals surface area contributed by atoms with Crippen molar-refractivity contribution in [2.24, 2.45) is 5.73 Å². The van der Waals surface area contributed by atoms with Gasteiger partial charge in [-0.2, -0.15) is 13.2 Å². The van der Waals surface area contributed by atoms with Crippen LogP contribution >= 0.6 is 0 Å². The standard InChI is InChI=1S/C12H13F3N2O5/c1-6(2)21-9-4-3-7(17(19)20)5-8(9)10(16)22-11(18)12(13,14)15/h3-6,10H,16H2,1-2H3. The minimum atomic E-state index is -5.22. The fourth-order valence-corrected chi connectivity index (χ4v) is 1.48. The first-order valence-electron chi connectivity index (χ1n) is 6.00. The molecule has 2 N–H and O–H groups in total. The van der Waals surface area contributed by atoms with E-state index in [2.05, 4.69) is 4.74 Å². The maximum absolute atomic E-state index is 12.2. The molecule has 0 radical (unpaired) electrons. The van der Waals surface area contributed by atoms with Crippen LogP contribution in [0.2, 0.25) is 0 Å². The zero-order chi connectivity index (χ0) is 17.1. The molecule has 0 aliphatic heterocycles. The van der Waals surface area contributed by atoms with Crippen LogP contribution in [0.4, 0.5) is 18.9 Å². The fraction of sp³-hybridized carbons (Fsp3) is 0.417. The number of carbonyl (C=O) groups excluding carboxylic acids is 1. The monoisotopic (exact) mass is 322 g/mol. The lowest BCUT2D eigenvalue weighted by atomic mass is 10.1. The van der Waals surface area contributed by atoms with E-state index in [0.717, 1.165) is 12.1 Å². The fourth-order valence-electron chi connectivity index (χ4n) is 1.48. The molecule has 10 heteroatoms. The number of nitrogens with two attached hydrogens (primary N) is 1. The van der Waals surface area contributed by atoms with Crippen LogP contribution in [-0.4, -0.2) is 23.2 Å². The van der Waals surface area contributed by atoms with Crippen LogP contribution in [0.5, 0.6) is 5.75 Å². The quantitative estimate of drug-likeness (QED) is 0.386. The van der Waals surface area contributed by atoms with Crippen LogP contribution in [0.15, 0.2) is 18.2 Å². The predicted molar refractivity (Wildman–Crippen MR) is 67.9 cm³/mol. The summed E-state index contributed by atoms with van der Waals surface area (Å²) in [7, 11) is 0. The van der Waals surface area contributed by atoms with Gasteiger partial charge in [-0.15, -0.1) is 0 Å². The highest BCUT2D eigenvalue weighted by atomic mass is 19.4. The van der Waals surface area contributed by atoms with Gasteiger partial charge in [-0.25, -0.2) is 4.79 Å². The van der Waals surface area contributed by atoms with Crippen molar-refractivity contribution in [3.05, 3.63) is 33.9 Å². The van der Waals surface area contributed by atoms with Crippen molar-refractivity contribution in [1.82, 2.24) is 0 Å². The molecule has 1 rings (SSSR count). The third-order valence-corrected chi connectivity index (χ3v) is 2.34. The molecule has 0 aliphatic rings. The number of benzene rings is 1. The number of halogens is 3. The van der Waals surface area contributed by atoms with Crippen molar-refractivity contribution in [2.75, 3.05) is 0 Å². The van der Waals surface area contributed by atoms with Gasteiger partial charge in [0, 0.05) is 12.1 Å². The summed E-state index contributed by atoms with van der Waals surface area (Å²) >= 11 is 0. The zero-order valence-corrected chi connectivity index (χ0v) is 11.6. The molecule has 1 aromatic carbocycles. The van der Waals surface area contributed by atoms with Gasteiger partial charge in [0.2, 0.25) is 0 Å². The van der Waals surface area contributed by atoms with Crippen molar-refractivity contribution < 1.29 is 32.4 Å². The maximum atomic E-state index is 12.2. The Bertz CT molecular complexity index is 574. The van der Waals surface area contributed by atoms with Gasteiger partial charge in [-0.1, -0.05) is 0 Å². The minimum absolute atomic E-state index is 0.0110. The lowest BCUT2D eigenvalue weighted by molar-refractivity contribution is -0.385. The Morgan fingerprint density at radius 3 is 2.41 bits per heavy atom. The molecule has 0 bridgehead atoms. The van der Waals surface area contributed by atoms with Crippen molar-refractivity contribution in [3.63, 3.8) is 0 Å². The van der Waals surface area contributed by atoms with Gasteiger partial charge in [0.1, 0.15) is 5.75 Å². The minimum Gasteiger partial charge on any atom is -0.491 e. The summed E-state index contributed by atoms with van der Waals surface area (Å²) in [6.07, 6.45) is -7.45. The molecule has 1 aromatic rings. The first kappa shape index (κ1) is 17.7. The maximum Gasteiger partial charge on any atom is 0.490 e. The lowest BCUT2D eigenvalue weighted by Crippen LogP contribution is -2.30. The van der Waals surface area contributed by atoms with Crippen LogP contribution in [0, 0.1) is 10.1 Å². The number of alkyl halides is 3. The van der Waals surface area contributed by atoms with Crippen LogP contribution in [0.3, 0.4) is 0 Å². The average molecular weight is 322 g/mol. The number of carbonyl (C=O) groups is 1. The molecule has 0 saturated heterocycles. The summed E-state index contributed by atoms with van der Waals surface area (Å²) in [5.74, 6) is -2.51. The Kier molecular flexibility index (Phi) is 5.31. The average Bonchev–Trinajstić information content (AvgIpc) is 2.36. The summed E-state index contributed by atoms with van der Waals surface area (Å²) in [6, 6.07) is 3.17. The molecule has 0 aliphatic carbocycles. The summed E-state index contributed by atoms with van der Waals surface area (Å²) in [5, 5.41) is 10.7. The number of hydrogen-bond donors (Lipinski definition) is 1. The summed E-state index contributed by atoms with van der Waals surface area (Å²) < 4.78 is 45.9. The van der Waals surface area contributed by atoms with Crippen molar-refractivity contribution in [2.45, 2.75) is 32.4 Å². The molecule has 0 amide bonds. The van der Waals surface area contributed by atoms with Gasteiger partial charge in [-0.05, 0) is 19.9 Å². The van der Waals surface area contributed by atoms with Crippen LogP contribution < -0.4 is 10.5 Å². The molecule has 7 nitrogen and oxygen atoms in total. The van der Waals surface area contributed by atoms with Crippen molar-refractivity contribution in [3.8, 4) is 5.75 Å². The topological polar surface area (TPSA) is 105 Å². The van der Waals surface area contributed by atoms with Gasteiger partial charge in [-0.3, -0.25) is 15.8 Å². The van der Waals surface area contributed by atoms with Crippen LogP contribution in [-0.2, 0) is 9.53 Å². The number of hydrogen-bond acceptors (Lipinski definition) is 6. The predicted octanol–water partition coefficient (Wildman–Crippen LogP) is 2.44. The van der Waals surface area contributed by atoms with Gasteiger partial charge in [0.05, 0.1) is 16.6 Å². The largest absolute Gasteiger partial charge is 0.491 e. The number of rotatable bonds is 5. The van der Waals surface area contributed by atoms with Crippen LogP contribution in [0.1, 0.15) is 25.6 Å². The molecule has 0 fully saturated rings. The normalized spacial score (nSPS) is 12.9. The van der Waals surface area contributed by atoms with E-state index in [1.807, 2.05) is 0 Å². The highest BCUT2D eigenvalue weighted by molar-refractivity contribution is 5.76. The molecular weight excluding hydrogens is 309 g/mol. The molecular formula is C12H13F3N2O5. The van der Waals surface area contributed by atoms with E-state index in [-0.39, 0.29) is 17.4 Å². The van der Waals surface area contributed by atoms with E-state index in [9.17, 15) is 28.1 Å². The van der Waals surface area contributed by atoms with Gasteiger partial charge >= 0.3 is 12.1 Å². The molecule has 0 saturated carbocycles. The summed E-state index contributed by atoms with van der Waals surface area (Å²) in [4.78, 5) is 20.8. The van der Waals surface area contributed by atoms with E-state index in [1.54, 1.807) is 13.8 Å². The van der Waals surface area contributed by atoms with E-state index in [1.165, 1.54) is 6.07 Å². The third kappa shape index (κ3) is 4.58. The molecule has 1 atom stereocenters. The lowest BCUT2D eigenvalue weighted by Gasteiger charge is -2.19. The molecule has 0 spiro atoms. The third-order valence-electron chi connectivity index (χ3n) is 2.34. The Morgan fingerprint density at radius 2 is 1.95 bits per heavy atom. The van der Waals surface area contributed by atoms with Crippen molar-refractivity contribution in [1.29, 1.82) is 0 Å². The Hall–Kier alpha value is -2.36. The molecule has 0 heterocycles. The molecule has 0 aromatic heterocycles. The highest BCUT2D eigenvalue weighted by Crippen LogP contribution is 2.31. The number of non-ortho nitro benzene ring substituents is 1. The van der Waals surface area contributed by atoms with Crippen LogP contribution in [0.25, 0.3) is 0 Å². The number of ether oxygens (including phenoxy) is 2. The highest BCUT2D eigenvalue weighted by Gasteiger charge is 2.42. The molecule has 22 heavy (non-hydrogen) atoms. The van der Waals surface area contributed by atoms with Gasteiger partial charge in [0.15, 0.2) is 6.23 Å². The van der Waals surface area contributed by atoms with Gasteiger partial charge in [0.25, 0.3) is 5.69 Å². The summed E-state index contributed by atoms with van der Waals surface area (Å²) in [5.41, 5.74) is 4.73. The number of nitro groups is 1. The number of nitrogens with zero attached hydrogens (tertiary/aromatic N) is 1. The van der Waals surface area contributed by atoms with Gasteiger partial charge < -0.3 is 9.47 Å². The molecule has 1 unspecified atom stereocenters. The second-order valence-corrected chi connectivity index (χ2v) is 4.47. The summed E-state index contributed by atoms with van der Waals surface area (Å²) in [6.45, 7) is 3.27. The van der Waals surface area contributed by atoms with E-state index >= 15 is 0 Å². The number of esters is 1. The van der Waals surface area contributed by atoms with E-state index < -0.39 is 29.0 Å². The Balaban J connectivity index is 3.14. The van der Waals surface area contributed by atoms with E-state index in [0.29, 0.717) is 0 Å². The number of nitro benzene ring substituents is 1. The molecule has 122 valence electrons. The first-order valence-corrected chi connectivity index (χ1v) is 6.00. The SMILES string of the molecule is CC(C)Oc1ccc([N+](=O)[O-])cc1C(N)OC(=O)C(F)(F)F.